The summed E-state index contributed by atoms with van der Waals surface area (Å²) in [6.45, 7) is 0. The molecule has 0 atom stereocenters. The Kier molecular flexibility index (Phi) is 5.84. The number of hydrogen-bond donors (Lipinski definition) is 0. The molecule has 0 radical (unpaired) electrons. The first-order valence-electron chi connectivity index (χ1n) is 17.2. The fourth-order valence-electron chi connectivity index (χ4n) is 8.35. The van der Waals surface area contributed by atoms with Crippen molar-refractivity contribution in [1.82, 2.24) is 9.97 Å². The van der Waals surface area contributed by atoms with Crippen LogP contribution in [-0.4, -0.2) is 9.97 Å². The van der Waals surface area contributed by atoms with Crippen molar-refractivity contribution >= 4 is 21.9 Å². The lowest BCUT2D eigenvalue weighted by atomic mass is 9.66. The van der Waals surface area contributed by atoms with E-state index >= 15 is 0 Å². The molecule has 0 saturated heterocycles. The van der Waals surface area contributed by atoms with Crippen molar-refractivity contribution in [3.63, 3.8) is 0 Å². The van der Waals surface area contributed by atoms with E-state index in [0.717, 1.165) is 72.6 Å². The van der Waals surface area contributed by atoms with E-state index in [1.807, 2.05) is 36.4 Å². The third-order valence-corrected chi connectivity index (χ3v) is 10.6. The lowest BCUT2D eigenvalue weighted by molar-refractivity contribution is 0.437. The van der Waals surface area contributed by atoms with Crippen LogP contribution in [0.5, 0.6) is 11.5 Å². The van der Waals surface area contributed by atoms with Gasteiger partial charge in [0.2, 0.25) is 0 Å². The Morgan fingerprint density at radius 2 is 0.980 bits per heavy atom. The quantitative estimate of drug-likeness (QED) is 0.191. The van der Waals surface area contributed by atoms with E-state index < -0.39 is 5.41 Å². The normalized spacial score (nSPS) is 13.4. The maximum absolute atomic E-state index is 6.80. The largest absolute Gasteiger partial charge is 0.457 e. The summed E-state index contributed by atoms with van der Waals surface area (Å²) in [5, 5.41) is 2.01. The third kappa shape index (κ3) is 4.02. The lowest BCUT2D eigenvalue weighted by Gasteiger charge is -2.39. The average molecular weight is 653 g/mol. The van der Waals surface area contributed by atoms with E-state index in [-0.39, 0.29) is 0 Å². The lowest BCUT2D eigenvalue weighted by Crippen LogP contribution is -2.32. The number of aromatic nitrogens is 2. The zero-order chi connectivity index (χ0) is 33.5. The van der Waals surface area contributed by atoms with Crippen molar-refractivity contribution < 1.29 is 9.15 Å². The van der Waals surface area contributed by atoms with E-state index in [1.54, 1.807) is 0 Å². The molecule has 11 rings (SSSR count). The van der Waals surface area contributed by atoms with Crippen molar-refractivity contribution in [2.45, 2.75) is 5.41 Å². The predicted octanol–water partition coefficient (Wildman–Crippen LogP) is 11.8. The van der Waals surface area contributed by atoms with Crippen LogP contribution >= 0.6 is 0 Å². The molecule has 0 saturated carbocycles. The monoisotopic (exact) mass is 652 g/mol. The Balaban J connectivity index is 1.13. The molecule has 1 aliphatic heterocycles. The van der Waals surface area contributed by atoms with Gasteiger partial charge in [0.25, 0.3) is 0 Å². The van der Waals surface area contributed by atoms with E-state index in [1.165, 1.54) is 22.3 Å². The zero-order valence-corrected chi connectivity index (χ0v) is 27.4. The summed E-state index contributed by atoms with van der Waals surface area (Å²) in [6, 6.07) is 59.2. The summed E-state index contributed by atoms with van der Waals surface area (Å²) in [6.07, 6.45) is 0. The summed E-state index contributed by atoms with van der Waals surface area (Å²) >= 11 is 0. The molecule has 2 aliphatic rings. The summed E-state index contributed by atoms with van der Waals surface area (Å²) in [5.74, 6) is 2.39. The average Bonchev–Trinajstić information content (AvgIpc) is 3.71. The van der Waals surface area contributed by atoms with Crippen molar-refractivity contribution in [2.75, 3.05) is 0 Å². The fourth-order valence-corrected chi connectivity index (χ4v) is 8.35. The Morgan fingerprint density at radius 1 is 0.392 bits per heavy atom. The van der Waals surface area contributed by atoms with E-state index in [4.69, 9.17) is 19.1 Å². The molecule has 0 amide bonds. The maximum atomic E-state index is 6.80. The van der Waals surface area contributed by atoms with Gasteiger partial charge < -0.3 is 9.15 Å². The van der Waals surface area contributed by atoms with Gasteiger partial charge in [-0.05, 0) is 64.7 Å². The first kappa shape index (κ1) is 28.1. The molecule has 4 nitrogen and oxygen atoms in total. The SMILES string of the molecule is c1ccc(-c2cc(-c3ccc4oc5cc6c(cc5c4c3)Oc3ccccc3C63c4ccccc4-c4ccccc43)nc(-c3ccccc3)n2)cc1. The van der Waals surface area contributed by atoms with Crippen molar-refractivity contribution in [3.05, 3.63) is 192 Å². The number of hydrogen-bond acceptors (Lipinski definition) is 4. The molecule has 1 spiro atoms. The minimum absolute atomic E-state index is 0.543. The van der Waals surface area contributed by atoms with Gasteiger partial charge in [0.1, 0.15) is 22.7 Å². The second kappa shape index (κ2) is 10.6. The van der Waals surface area contributed by atoms with E-state index in [9.17, 15) is 0 Å². The summed E-state index contributed by atoms with van der Waals surface area (Å²) in [7, 11) is 0. The molecule has 0 N–H and O–H groups in total. The van der Waals surface area contributed by atoms with Gasteiger partial charge in [0, 0.05) is 38.6 Å². The molecule has 1 aliphatic carbocycles. The Morgan fingerprint density at radius 3 is 1.71 bits per heavy atom. The van der Waals surface area contributed by atoms with Gasteiger partial charge in [-0.3, -0.25) is 0 Å². The Labute approximate surface area is 294 Å². The van der Waals surface area contributed by atoms with E-state index in [0.29, 0.717) is 5.82 Å². The molecule has 2 aromatic heterocycles. The van der Waals surface area contributed by atoms with Crippen LogP contribution in [0.3, 0.4) is 0 Å². The van der Waals surface area contributed by atoms with Gasteiger partial charge in [-0.2, -0.15) is 0 Å². The maximum Gasteiger partial charge on any atom is 0.160 e. The first-order valence-corrected chi connectivity index (χ1v) is 17.2. The topological polar surface area (TPSA) is 48.2 Å². The number of ether oxygens (including phenoxy) is 1. The number of furan rings is 1. The molecule has 9 aromatic rings. The molecule has 238 valence electrons. The molecule has 0 unspecified atom stereocenters. The van der Waals surface area contributed by atoms with Gasteiger partial charge in [0.05, 0.1) is 16.8 Å². The molecule has 4 heteroatoms. The van der Waals surface area contributed by atoms with Crippen LogP contribution in [0.15, 0.2) is 174 Å². The van der Waals surface area contributed by atoms with E-state index in [2.05, 4.69) is 133 Å². The molecule has 0 fully saturated rings. The fraction of sp³-hybridized carbons (Fsp3) is 0.0213. The number of benzene rings is 7. The third-order valence-electron chi connectivity index (χ3n) is 10.6. The minimum Gasteiger partial charge on any atom is -0.457 e. The van der Waals surface area contributed by atoms with Crippen molar-refractivity contribution in [2.24, 2.45) is 0 Å². The Hall–Kier alpha value is -6.78. The highest BCUT2D eigenvalue weighted by Gasteiger charge is 2.51. The number of fused-ring (bicyclic) bond motifs is 12. The molecule has 0 bridgehead atoms. The number of rotatable bonds is 3. The molecule has 7 aromatic carbocycles. The highest BCUT2D eigenvalue weighted by atomic mass is 16.5. The molecule has 51 heavy (non-hydrogen) atoms. The van der Waals surface area contributed by atoms with Crippen LogP contribution in [0, 0.1) is 0 Å². The van der Waals surface area contributed by atoms with Crippen LogP contribution in [0.2, 0.25) is 0 Å². The Bertz CT molecular complexity index is 2730. The number of nitrogens with zero attached hydrogens (tertiary/aromatic N) is 2. The smallest absolute Gasteiger partial charge is 0.160 e. The van der Waals surface area contributed by atoms with Gasteiger partial charge in [-0.1, -0.05) is 127 Å². The molecular weight excluding hydrogens is 625 g/mol. The standard InChI is InChI=1S/C47H28N2O2/c1-3-13-29(14-4-1)40-28-41(49-46(48-40)30-15-5-2-6-16-30)31-23-24-42-34(25-31)35-26-45-39(27-44(35)50-42)47(38-21-11-12-22-43(38)51-45)36-19-9-7-17-32(36)33-18-8-10-20-37(33)47/h1-28H. The summed E-state index contributed by atoms with van der Waals surface area (Å²) < 4.78 is 13.5. The summed E-state index contributed by atoms with van der Waals surface area (Å²) in [5.41, 5.74) is 13.1. The van der Waals surface area contributed by atoms with Gasteiger partial charge in [-0.25, -0.2) is 9.97 Å². The second-order valence-corrected chi connectivity index (χ2v) is 13.3. The van der Waals surface area contributed by atoms with Crippen molar-refractivity contribution in [1.29, 1.82) is 0 Å². The molecular formula is C47H28N2O2. The van der Waals surface area contributed by atoms with Crippen LogP contribution < -0.4 is 4.74 Å². The zero-order valence-electron chi connectivity index (χ0n) is 27.4. The minimum atomic E-state index is -0.543. The highest BCUT2D eigenvalue weighted by Crippen LogP contribution is 2.62. The van der Waals surface area contributed by atoms with Crippen LogP contribution in [0.25, 0.3) is 67.0 Å². The highest BCUT2D eigenvalue weighted by molar-refractivity contribution is 6.08. The summed E-state index contributed by atoms with van der Waals surface area (Å²) in [4.78, 5) is 10.1. The number of para-hydroxylation sites is 1. The van der Waals surface area contributed by atoms with Crippen molar-refractivity contribution in [3.8, 4) is 56.5 Å². The van der Waals surface area contributed by atoms with Gasteiger partial charge in [0.15, 0.2) is 5.82 Å². The second-order valence-electron chi connectivity index (χ2n) is 13.3. The van der Waals surface area contributed by atoms with Gasteiger partial charge >= 0.3 is 0 Å². The predicted molar refractivity (Wildman–Crippen MR) is 203 cm³/mol. The molecule has 3 heterocycles. The first-order chi connectivity index (χ1) is 25.3. The van der Waals surface area contributed by atoms with Crippen LogP contribution in [0.4, 0.5) is 0 Å². The van der Waals surface area contributed by atoms with Gasteiger partial charge in [-0.15, -0.1) is 0 Å². The van der Waals surface area contributed by atoms with Crippen LogP contribution in [0.1, 0.15) is 22.3 Å². The van der Waals surface area contributed by atoms with Crippen LogP contribution in [-0.2, 0) is 5.41 Å².